The van der Waals surface area contributed by atoms with E-state index in [-0.39, 0.29) is 10.8 Å². The monoisotopic (exact) mass is 190 g/mol. The first-order chi connectivity index (χ1) is 5.10. The topological polar surface area (TPSA) is 23.1 Å². The molecule has 0 spiro atoms. The normalized spacial score (nSPS) is 14.0. The second-order valence-electron chi connectivity index (χ2n) is 5.85. The van der Waals surface area contributed by atoms with Gasteiger partial charge >= 0.3 is 0 Å². The first-order valence-corrected chi connectivity index (χ1v) is 5.94. The molecule has 0 radical (unpaired) electrons. The molecule has 0 amide bonds. The van der Waals surface area contributed by atoms with Crippen LogP contribution in [0.4, 0.5) is 0 Å². The van der Waals surface area contributed by atoms with E-state index in [1.54, 1.807) is 0 Å². The van der Waals surface area contributed by atoms with Gasteiger partial charge in [-0.1, -0.05) is 52.7 Å². The molecular weight excluding hydrogens is 168 g/mol. The highest BCUT2D eigenvalue weighted by Crippen LogP contribution is 2.22. The molecule has 0 unspecified atom stereocenters. The summed E-state index contributed by atoms with van der Waals surface area (Å²) in [6.45, 7) is 12.8. The minimum absolute atomic E-state index is 0.191. The zero-order valence-corrected chi connectivity index (χ0v) is 10.0. The fraction of sp³-hybridized carbons (Fsp3) is 1.00. The maximum atomic E-state index is 11.6. The lowest BCUT2D eigenvalue weighted by atomic mass is 10.0. The second-order valence-corrected chi connectivity index (χ2v) is 7.31. The summed E-state index contributed by atoms with van der Waals surface area (Å²) < 4.78 is 11.6. The van der Waals surface area contributed by atoms with Gasteiger partial charge in [-0.2, -0.15) is 0 Å². The quantitative estimate of drug-likeness (QED) is 0.614. The molecule has 0 aromatic rings. The third-order valence-electron chi connectivity index (χ3n) is 1.19. The summed E-state index contributed by atoms with van der Waals surface area (Å²) in [5.41, 5.74) is 0.381. The molecular formula is C10H22OS. The van der Waals surface area contributed by atoms with Gasteiger partial charge in [-0.05, 0) is 0 Å². The Bertz CT molecular complexity index is 114. The summed E-state index contributed by atoms with van der Waals surface area (Å²) in [7, 11) is 0. The Morgan fingerprint density at radius 2 is 1.08 bits per heavy atom. The van der Waals surface area contributed by atoms with Crippen LogP contribution in [0.3, 0.4) is 0 Å². The van der Waals surface area contributed by atoms with E-state index in [4.69, 9.17) is 0 Å². The van der Waals surface area contributed by atoms with Gasteiger partial charge in [0, 0.05) is 10.8 Å². The molecule has 0 fully saturated rings. The SMILES string of the molecule is CC(C)(C)C[S+]([O-])CC(C)(C)C. The highest BCUT2D eigenvalue weighted by atomic mass is 32.2. The lowest BCUT2D eigenvalue weighted by Crippen LogP contribution is -2.28. The molecule has 0 bridgehead atoms. The Morgan fingerprint density at radius 3 is 1.25 bits per heavy atom. The second kappa shape index (κ2) is 4.01. The van der Waals surface area contributed by atoms with Gasteiger partial charge in [0.25, 0.3) is 0 Å². The third kappa shape index (κ3) is 8.41. The first kappa shape index (κ1) is 12.3. The molecule has 12 heavy (non-hydrogen) atoms. The summed E-state index contributed by atoms with van der Waals surface area (Å²) in [5, 5.41) is 0. The molecule has 0 saturated carbocycles. The number of hydrogen-bond acceptors (Lipinski definition) is 1. The van der Waals surface area contributed by atoms with Gasteiger partial charge in [0.15, 0.2) is 0 Å². The van der Waals surface area contributed by atoms with Gasteiger partial charge in [-0.15, -0.1) is 0 Å². The molecule has 0 rings (SSSR count). The van der Waals surface area contributed by atoms with Crippen LogP contribution in [0.1, 0.15) is 41.5 Å². The summed E-state index contributed by atoms with van der Waals surface area (Å²) in [4.78, 5) is 0. The molecule has 0 aliphatic heterocycles. The van der Waals surface area contributed by atoms with Crippen LogP contribution in [-0.4, -0.2) is 16.1 Å². The van der Waals surface area contributed by atoms with Gasteiger partial charge in [-0.25, -0.2) is 0 Å². The van der Waals surface area contributed by atoms with Gasteiger partial charge in [0.1, 0.15) is 11.5 Å². The summed E-state index contributed by atoms with van der Waals surface area (Å²) in [6, 6.07) is 0. The van der Waals surface area contributed by atoms with Crippen LogP contribution in [0.25, 0.3) is 0 Å². The van der Waals surface area contributed by atoms with Crippen molar-refractivity contribution in [3.63, 3.8) is 0 Å². The zero-order chi connectivity index (χ0) is 9.99. The minimum atomic E-state index is -0.659. The van der Waals surface area contributed by atoms with Crippen molar-refractivity contribution < 1.29 is 4.55 Å². The number of rotatable bonds is 2. The van der Waals surface area contributed by atoms with Crippen LogP contribution in [0, 0.1) is 10.8 Å². The molecule has 0 atom stereocenters. The van der Waals surface area contributed by atoms with Crippen molar-refractivity contribution in [2.45, 2.75) is 41.5 Å². The largest absolute Gasteiger partial charge is 0.616 e. The molecule has 0 aliphatic rings. The third-order valence-corrected chi connectivity index (χ3v) is 3.56. The van der Waals surface area contributed by atoms with Crippen molar-refractivity contribution in [1.82, 2.24) is 0 Å². The van der Waals surface area contributed by atoms with Crippen molar-refractivity contribution in [2.24, 2.45) is 10.8 Å². The predicted octanol–water partition coefficient (Wildman–Crippen LogP) is 2.83. The molecule has 0 aliphatic carbocycles. The Morgan fingerprint density at radius 1 is 0.833 bits per heavy atom. The minimum Gasteiger partial charge on any atom is -0.616 e. The van der Waals surface area contributed by atoms with E-state index in [1.807, 2.05) is 0 Å². The molecule has 0 heterocycles. The molecule has 0 N–H and O–H groups in total. The highest BCUT2D eigenvalue weighted by molar-refractivity contribution is 7.91. The summed E-state index contributed by atoms with van der Waals surface area (Å²) >= 11 is -0.659. The average Bonchev–Trinajstić information content (AvgIpc) is 1.49. The van der Waals surface area contributed by atoms with Crippen molar-refractivity contribution in [3.8, 4) is 0 Å². The first-order valence-electron chi connectivity index (χ1n) is 4.45. The average molecular weight is 190 g/mol. The van der Waals surface area contributed by atoms with Gasteiger partial charge < -0.3 is 4.55 Å². The molecule has 0 saturated heterocycles. The maximum Gasteiger partial charge on any atom is 0.110 e. The fourth-order valence-corrected chi connectivity index (χ4v) is 3.05. The van der Waals surface area contributed by atoms with Crippen LogP contribution in [-0.2, 0) is 11.2 Å². The van der Waals surface area contributed by atoms with Crippen molar-refractivity contribution in [3.05, 3.63) is 0 Å². The van der Waals surface area contributed by atoms with Crippen LogP contribution in [0.5, 0.6) is 0 Å². The Hall–Kier alpha value is 0.310. The van der Waals surface area contributed by atoms with Crippen molar-refractivity contribution in [1.29, 1.82) is 0 Å². The van der Waals surface area contributed by atoms with Crippen molar-refractivity contribution >= 4 is 11.2 Å². The van der Waals surface area contributed by atoms with Gasteiger partial charge in [0.2, 0.25) is 0 Å². The lowest BCUT2D eigenvalue weighted by molar-refractivity contribution is 0.436. The molecule has 2 heteroatoms. The van der Waals surface area contributed by atoms with E-state index in [2.05, 4.69) is 41.5 Å². The van der Waals surface area contributed by atoms with Crippen LogP contribution >= 0.6 is 0 Å². The Labute approximate surface area is 80.1 Å². The van der Waals surface area contributed by atoms with Crippen molar-refractivity contribution in [2.75, 3.05) is 11.5 Å². The summed E-state index contributed by atoms with van der Waals surface area (Å²) in [5.74, 6) is 1.62. The van der Waals surface area contributed by atoms with Gasteiger partial charge in [-0.3, -0.25) is 0 Å². The lowest BCUT2D eigenvalue weighted by Gasteiger charge is -2.25. The van der Waals surface area contributed by atoms with E-state index in [0.29, 0.717) is 0 Å². The standard InChI is InChI=1S/C10H22OS/c1-9(2,3)7-12(11)8-10(4,5)6/h7-8H2,1-6H3. The highest BCUT2D eigenvalue weighted by Gasteiger charge is 2.24. The van der Waals surface area contributed by atoms with E-state index in [1.165, 1.54) is 0 Å². The number of hydrogen-bond donors (Lipinski definition) is 0. The summed E-state index contributed by atoms with van der Waals surface area (Å²) in [6.07, 6.45) is 0. The molecule has 0 aromatic heterocycles. The zero-order valence-electron chi connectivity index (χ0n) is 9.23. The van der Waals surface area contributed by atoms with E-state index in [9.17, 15) is 4.55 Å². The fourth-order valence-electron chi connectivity index (χ4n) is 1.02. The molecule has 74 valence electrons. The van der Waals surface area contributed by atoms with Crippen LogP contribution < -0.4 is 0 Å². The van der Waals surface area contributed by atoms with E-state index in [0.717, 1.165) is 11.5 Å². The Kier molecular flexibility index (Phi) is 4.12. The molecule has 1 nitrogen and oxygen atoms in total. The Balaban J connectivity index is 3.83. The predicted molar refractivity (Wildman–Crippen MR) is 56.8 cm³/mol. The van der Waals surface area contributed by atoms with E-state index >= 15 is 0 Å². The maximum absolute atomic E-state index is 11.6. The smallest absolute Gasteiger partial charge is 0.110 e. The molecule has 0 aromatic carbocycles. The van der Waals surface area contributed by atoms with Crippen LogP contribution in [0.15, 0.2) is 0 Å². The van der Waals surface area contributed by atoms with Crippen LogP contribution in [0.2, 0.25) is 0 Å². The van der Waals surface area contributed by atoms with E-state index < -0.39 is 11.2 Å². The van der Waals surface area contributed by atoms with Gasteiger partial charge in [0.05, 0.1) is 0 Å².